The molecule has 1 atom stereocenters. The van der Waals surface area contributed by atoms with Gasteiger partial charge < -0.3 is 14.6 Å². The molecule has 0 spiro atoms. The number of hydrogen-bond acceptors (Lipinski definition) is 3. The molecular formula is C13H16N4O. The van der Waals surface area contributed by atoms with Crippen LogP contribution >= 0.6 is 0 Å². The Morgan fingerprint density at radius 1 is 1.39 bits per heavy atom. The van der Waals surface area contributed by atoms with E-state index in [0.29, 0.717) is 19.1 Å². The number of nitriles is 1. The monoisotopic (exact) mass is 244 g/mol. The zero-order valence-corrected chi connectivity index (χ0v) is 10.6. The minimum Gasteiger partial charge on any atom is -0.388 e. The molecule has 0 bridgehead atoms. The van der Waals surface area contributed by atoms with Crippen LogP contribution in [0.4, 0.5) is 0 Å². The maximum Gasteiger partial charge on any atom is 0.239 e. The molecule has 1 fully saturated rings. The zero-order chi connectivity index (χ0) is 13.0. The van der Waals surface area contributed by atoms with Crippen molar-refractivity contribution in [3.63, 3.8) is 0 Å². The molecule has 1 aromatic carbocycles. The minimum absolute atomic E-state index is 0.158. The fraction of sp³-hybridized carbons (Fsp3) is 0.385. The number of rotatable bonds is 3. The lowest BCUT2D eigenvalue weighted by molar-refractivity contribution is 0.124. The van der Waals surface area contributed by atoms with Crippen molar-refractivity contribution >= 4 is 5.96 Å². The maximum atomic E-state index is 8.96. The van der Waals surface area contributed by atoms with E-state index < -0.39 is 0 Å². The van der Waals surface area contributed by atoms with Crippen molar-refractivity contribution in [1.29, 1.82) is 5.26 Å². The third-order valence-electron chi connectivity index (χ3n) is 2.94. The molecule has 0 aliphatic carbocycles. The Morgan fingerprint density at radius 2 is 2.11 bits per heavy atom. The van der Waals surface area contributed by atoms with Gasteiger partial charge in [-0.3, -0.25) is 0 Å². The van der Waals surface area contributed by atoms with Gasteiger partial charge in [0.05, 0.1) is 12.6 Å². The van der Waals surface area contributed by atoms with E-state index in [1.165, 1.54) is 0 Å². The number of nitrogens with zero attached hydrogens (tertiary/aromatic N) is 4. The SMILES string of the molecule is CN1CC(C#N)N(C)/C1=N/OCc1ccccc1. The normalized spacial score (nSPS) is 21.2. The van der Waals surface area contributed by atoms with E-state index in [0.717, 1.165) is 5.56 Å². The van der Waals surface area contributed by atoms with Gasteiger partial charge in [-0.1, -0.05) is 30.3 Å². The van der Waals surface area contributed by atoms with Crippen LogP contribution in [0, 0.1) is 11.3 Å². The minimum atomic E-state index is -0.158. The lowest BCUT2D eigenvalue weighted by Gasteiger charge is -2.15. The number of likely N-dealkylation sites (N-methyl/N-ethyl adjacent to an activating group) is 2. The largest absolute Gasteiger partial charge is 0.388 e. The van der Waals surface area contributed by atoms with Crippen LogP contribution in [0.1, 0.15) is 5.56 Å². The summed E-state index contributed by atoms with van der Waals surface area (Å²) in [4.78, 5) is 9.07. The molecule has 1 saturated heterocycles. The summed E-state index contributed by atoms with van der Waals surface area (Å²) in [6.07, 6.45) is 0. The van der Waals surface area contributed by atoms with Gasteiger partial charge in [0.2, 0.25) is 5.96 Å². The van der Waals surface area contributed by atoms with Gasteiger partial charge in [0.25, 0.3) is 0 Å². The van der Waals surface area contributed by atoms with E-state index in [-0.39, 0.29) is 6.04 Å². The average Bonchev–Trinajstić information content (AvgIpc) is 2.67. The van der Waals surface area contributed by atoms with Crippen molar-refractivity contribution in [2.24, 2.45) is 5.16 Å². The van der Waals surface area contributed by atoms with Gasteiger partial charge >= 0.3 is 0 Å². The first kappa shape index (κ1) is 12.2. The van der Waals surface area contributed by atoms with E-state index in [1.54, 1.807) is 0 Å². The first-order valence-corrected chi connectivity index (χ1v) is 5.80. The summed E-state index contributed by atoms with van der Waals surface area (Å²) in [5, 5.41) is 13.1. The summed E-state index contributed by atoms with van der Waals surface area (Å²) >= 11 is 0. The molecule has 94 valence electrons. The van der Waals surface area contributed by atoms with Gasteiger partial charge in [-0.25, -0.2) is 0 Å². The molecule has 2 rings (SSSR count). The Balaban J connectivity index is 1.96. The summed E-state index contributed by atoms with van der Waals surface area (Å²) in [5.41, 5.74) is 1.07. The molecule has 5 heteroatoms. The molecule has 0 amide bonds. The van der Waals surface area contributed by atoms with E-state index in [9.17, 15) is 0 Å². The van der Waals surface area contributed by atoms with Crippen LogP contribution in [0.3, 0.4) is 0 Å². The second kappa shape index (κ2) is 5.41. The summed E-state index contributed by atoms with van der Waals surface area (Å²) in [7, 11) is 3.75. The Hall–Kier alpha value is -2.22. The van der Waals surface area contributed by atoms with Crippen molar-refractivity contribution < 1.29 is 4.84 Å². The predicted molar refractivity (Wildman–Crippen MR) is 68.5 cm³/mol. The van der Waals surface area contributed by atoms with Gasteiger partial charge in [0, 0.05) is 14.1 Å². The molecule has 0 N–H and O–H groups in total. The summed E-state index contributed by atoms with van der Waals surface area (Å²) in [5.74, 6) is 0.692. The van der Waals surface area contributed by atoms with Crippen LogP contribution in [0.5, 0.6) is 0 Å². The molecule has 5 nitrogen and oxygen atoms in total. The van der Waals surface area contributed by atoms with Crippen LogP contribution in [-0.2, 0) is 11.4 Å². The Morgan fingerprint density at radius 3 is 2.72 bits per heavy atom. The molecule has 0 radical (unpaired) electrons. The molecule has 1 aliphatic rings. The highest BCUT2D eigenvalue weighted by atomic mass is 16.6. The van der Waals surface area contributed by atoms with Crippen LogP contribution in [0.25, 0.3) is 0 Å². The van der Waals surface area contributed by atoms with Crippen LogP contribution < -0.4 is 0 Å². The second-order valence-corrected chi connectivity index (χ2v) is 4.29. The Labute approximate surface area is 107 Å². The van der Waals surface area contributed by atoms with Gasteiger partial charge in [-0.15, -0.1) is 0 Å². The highest BCUT2D eigenvalue weighted by Crippen LogP contribution is 2.12. The lowest BCUT2D eigenvalue weighted by Crippen LogP contribution is -2.31. The van der Waals surface area contributed by atoms with Crippen molar-refractivity contribution in [3.05, 3.63) is 35.9 Å². The van der Waals surface area contributed by atoms with Crippen molar-refractivity contribution in [2.45, 2.75) is 12.6 Å². The second-order valence-electron chi connectivity index (χ2n) is 4.29. The summed E-state index contributed by atoms with van der Waals surface area (Å²) in [6.45, 7) is 1.09. The van der Waals surface area contributed by atoms with Crippen molar-refractivity contribution in [2.75, 3.05) is 20.6 Å². The zero-order valence-electron chi connectivity index (χ0n) is 10.6. The molecule has 1 heterocycles. The maximum absolute atomic E-state index is 8.96. The molecule has 1 aromatic rings. The first-order chi connectivity index (χ1) is 8.72. The number of benzene rings is 1. The van der Waals surface area contributed by atoms with E-state index >= 15 is 0 Å². The predicted octanol–water partition coefficient (Wildman–Crippen LogP) is 1.24. The van der Waals surface area contributed by atoms with Crippen LogP contribution in [0.2, 0.25) is 0 Å². The molecule has 0 aromatic heterocycles. The molecule has 1 unspecified atom stereocenters. The summed E-state index contributed by atoms with van der Waals surface area (Å²) in [6, 6.07) is 11.9. The van der Waals surface area contributed by atoms with Crippen molar-refractivity contribution in [3.8, 4) is 6.07 Å². The van der Waals surface area contributed by atoms with E-state index in [4.69, 9.17) is 10.1 Å². The van der Waals surface area contributed by atoms with Crippen molar-refractivity contribution in [1.82, 2.24) is 9.80 Å². The average molecular weight is 244 g/mol. The van der Waals surface area contributed by atoms with E-state index in [1.807, 2.05) is 54.2 Å². The fourth-order valence-electron chi connectivity index (χ4n) is 1.87. The van der Waals surface area contributed by atoms with Crippen LogP contribution in [-0.4, -0.2) is 42.4 Å². The number of oxime groups is 1. The van der Waals surface area contributed by atoms with Gasteiger partial charge in [-0.05, 0) is 10.7 Å². The fourth-order valence-corrected chi connectivity index (χ4v) is 1.87. The van der Waals surface area contributed by atoms with Gasteiger partial charge in [0.15, 0.2) is 0 Å². The molecular weight excluding hydrogens is 228 g/mol. The first-order valence-electron chi connectivity index (χ1n) is 5.80. The molecule has 1 aliphatic heterocycles. The molecule has 0 saturated carbocycles. The smallest absolute Gasteiger partial charge is 0.239 e. The third-order valence-corrected chi connectivity index (χ3v) is 2.94. The standard InChI is InChI=1S/C13H16N4O/c1-16-9-12(8-14)17(2)13(16)15-18-10-11-6-4-3-5-7-11/h3-7,12H,9-10H2,1-2H3/b15-13+. The third kappa shape index (κ3) is 2.54. The number of guanidine groups is 1. The summed E-state index contributed by atoms with van der Waals surface area (Å²) < 4.78 is 0. The van der Waals surface area contributed by atoms with Crippen LogP contribution in [0.15, 0.2) is 35.5 Å². The highest BCUT2D eigenvalue weighted by molar-refractivity contribution is 5.82. The lowest BCUT2D eigenvalue weighted by atomic mass is 10.2. The molecule has 18 heavy (non-hydrogen) atoms. The Bertz CT molecular complexity index is 466. The highest BCUT2D eigenvalue weighted by Gasteiger charge is 2.30. The van der Waals surface area contributed by atoms with E-state index in [2.05, 4.69) is 11.2 Å². The topological polar surface area (TPSA) is 51.9 Å². The van der Waals surface area contributed by atoms with Gasteiger partial charge in [0.1, 0.15) is 12.6 Å². The quantitative estimate of drug-likeness (QED) is 0.751. The van der Waals surface area contributed by atoms with Gasteiger partial charge in [-0.2, -0.15) is 5.26 Å². The Kier molecular flexibility index (Phi) is 3.68. The number of hydrogen-bond donors (Lipinski definition) is 0.